The number of carbonyl (C=O) groups is 1. The number of benzene rings is 1. The average molecular weight is 399 g/mol. The van der Waals surface area contributed by atoms with Crippen molar-refractivity contribution in [1.29, 1.82) is 5.26 Å². The molecule has 1 saturated heterocycles. The van der Waals surface area contributed by atoms with Gasteiger partial charge in [-0.3, -0.25) is 14.9 Å². The van der Waals surface area contributed by atoms with Gasteiger partial charge in [0, 0.05) is 36.7 Å². The van der Waals surface area contributed by atoms with Crippen LogP contribution in [0.25, 0.3) is 11.3 Å². The number of piperidine rings is 1. The van der Waals surface area contributed by atoms with E-state index in [2.05, 4.69) is 32.0 Å². The molecule has 3 atom stereocenters. The summed E-state index contributed by atoms with van der Waals surface area (Å²) in [6.45, 7) is 1.37. The number of amides is 1. The van der Waals surface area contributed by atoms with Crippen molar-refractivity contribution < 1.29 is 4.79 Å². The van der Waals surface area contributed by atoms with Crippen LogP contribution in [0.15, 0.2) is 54.9 Å². The van der Waals surface area contributed by atoms with Crippen molar-refractivity contribution in [2.24, 2.45) is 11.8 Å². The molecule has 3 heterocycles. The standard InChI is InChI=1S/C22H21N7O/c23-13-29-11-14-8-16(14)21(12-29)26-22(30)20-9-19(27-28-20)17-10-24-7-6-18(17)25-15-4-2-1-3-5-15/h1-7,9-10,14,16,21H,8,11-12H2,(H,24,25)(H,26,30)(H,27,28)/t14?,16?,21-/m0/s1. The minimum atomic E-state index is -0.203. The topological polar surface area (TPSA) is 110 Å². The molecule has 5 rings (SSSR count). The first-order valence-electron chi connectivity index (χ1n) is 9.98. The second-order valence-electron chi connectivity index (χ2n) is 7.82. The van der Waals surface area contributed by atoms with Gasteiger partial charge in [0.1, 0.15) is 5.69 Å². The van der Waals surface area contributed by atoms with Crippen LogP contribution in [0.4, 0.5) is 11.4 Å². The van der Waals surface area contributed by atoms with Crippen LogP contribution in [-0.2, 0) is 0 Å². The first kappa shape index (κ1) is 18.2. The van der Waals surface area contributed by atoms with E-state index in [0.717, 1.165) is 29.9 Å². The van der Waals surface area contributed by atoms with Gasteiger partial charge in [-0.15, -0.1) is 0 Å². The Kier molecular flexibility index (Phi) is 4.56. The third-order valence-corrected chi connectivity index (χ3v) is 5.80. The molecule has 8 nitrogen and oxygen atoms in total. The van der Waals surface area contributed by atoms with E-state index in [1.54, 1.807) is 23.4 Å². The Morgan fingerprint density at radius 1 is 1.23 bits per heavy atom. The van der Waals surface area contributed by atoms with Gasteiger partial charge in [0.15, 0.2) is 6.19 Å². The van der Waals surface area contributed by atoms with E-state index in [0.29, 0.717) is 29.8 Å². The molecule has 1 amide bonds. The Labute approximate surface area is 173 Å². The number of aromatic amines is 1. The number of carbonyl (C=O) groups excluding carboxylic acids is 1. The molecule has 2 fully saturated rings. The summed E-state index contributed by atoms with van der Waals surface area (Å²) in [6, 6.07) is 13.5. The van der Waals surface area contributed by atoms with E-state index in [1.807, 2.05) is 36.4 Å². The van der Waals surface area contributed by atoms with Crippen LogP contribution in [0.3, 0.4) is 0 Å². The van der Waals surface area contributed by atoms with Crippen LogP contribution < -0.4 is 10.6 Å². The van der Waals surface area contributed by atoms with Crippen molar-refractivity contribution in [1.82, 2.24) is 25.4 Å². The number of hydrogen-bond acceptors (Lipinski definition) is 6. The number of pyridine rings is 1. The Balaban J connectivity index is 1.32. The lowest BCUT2D eigenvalue weighted by Crippen LogP contribution is -2.48. The van der Waals surface area contributed by atoms with Gasteiger partial charge in [0.25, 0.3) is 5.91 Å². The van der Waals surface area contributed by atoms with Gasteiger partial charge in [0.2, 0.25) is 0 Å². The monoisotopic (exact) mass is 399 g/mol. The molecular weight excluding hydrogens is 378 g/mol. The highest BCUT2D eigenvalue weighted by atomic mass is 16.2. The van der Waals surface area contributed by atoms with Gasteiger partial charge in [0.05, 0.1) is 17.4 Å². The fourth-order valence-electron chi connectivity index (χ4n) is 4.15. The van der Waals surface area contributed by atoms with Crippen LogP contribution in [-0.4, -0.2) is 45.1 Å². The lowest BCUT2D eigenvalue weighted by Gasteiger charge is -2.28. The summed E-state index contributed by atoms with van der Waals surface area (Å²) in [4.78, 5) is 18.7. The third-order valence-electron chi connectivity index (χ3n) is 5.80. The molecule has 3 aromatic rings. The highest BCUT2D eigenvalue weighted by molar-refractivity contribution is 5.94. The first-order chi connectivity index (χ1) is 14.7. The largest absolute Gasteiger partial charge is 0.355 e. The van der Waals surface area contributed by atoms with Gasteiger partial charge in [-0.05, 0) is 42.5 Å². The summed E-state index contributed by atoms with van der Waals surface area (Å²) >= 11 is 0. The van der Waals surface area contributed by atoms with Crippen molar-refractivity contribution in [2.45, 2.75) is 12.5 Å². The lowest BCUT2D eigenvalue weighted by atomic mass is 10.1. The van der Waals surface area contributed by atoms with Gasteiger partial charge in [-0.25, -0.2) is 0 Å². The number of nitriles is 1. The number of nitrogens with one attached hydrogen (secondary N) is 3. The van der Waals surface area contributed by atoms with Gasteiger partial charge in [-0.2, -0.15) is 10.4 Å². The van der Waals surface area contributed by atoms with Crippen LogP contribution in [0.5, 0.6) is 0 Å². The molecule has 1 aliphatic heterocycles. The number of rotatable bonds is 5. The predicted molar refractivity (Wildman–Crippen MR) is 112 cm³/mol. The first-order valence-corrected chi connectivity index (χ1v) is 9.98. The van der Waals surface area contributed by atoms with Crippen molar-refractivity contribution in [3.63, 3.8) is 0 Å². The smallest absolute Gasteiger partial charge is 0.269 e. The second-order valence-corrected chi connectivity index (χ2v) is 7.82. The zero-order chi connectivity index (χ0) is 20.5. The third kappa shape index (κ3) is 3.57. The lowest BCUT2D eigenvalue weighted by molar-refractivity contribution is 0.0908. The number of anilines is 2. The molecule has 8 heteroatoms. The van der Waals surface area contributed by atoms with E-state index >= 15 is 0 Å². The molecular formula is C22H21N7O. The van der Waals surface area contributed by atoms with Crippen LogP contribution >= 0.6 is 0 Å². The molecule has 2 aromatic heterocycles. The van der Waals surface area contributed by atoms with E-state index in [-0.39, 0.29) is 11.9 Å². The van der Waals surface area contributed by atoms with Gasteiger partial charge >= 0.3 is 0 Å². The average Bonchev–Trinajstić information content (AvgIpc) is 3.40. The van der Waals surface area contributed by atoms with Gasteiger partial charge < -0.3 is 15.5 Å². The number of fused-ring (bicyclic) bond motifs is 1. The van der Waals surface area contributed by atoms with Crippen LogP contribution in [0.2, 0.25) is 0 Å². The molecule has 3 N–H and O–H groups in total. The highest BCUT2D eigenvalue weighted by Crippen LogP contribution is 2.45. The maximum atomic E-state index is 12.8. The van der Waals surface area contributed by atoms with Crippen molar-refractivity contribution in [2.75, 3.05) is 18.4 Å². The molecule has 0 bridgehead atoms. The summed E-state index contributed by atoms with van der Waals surface area (Å²) in [5, 5.41) is 22.8. The maximum Gasteiger partial charge on any atom is 0.269 e. The van der Waals surface area contributed by atoms with Crippen LogP contribution in [0.1, 0.15) is 16.9 Å². The number of para-hydroxylation sites is 1. The molecule has 0 spiro atoms. The Bertz CT molecular complexity index is 1100. The molecule has 2 aliphatic rings. The number of aromatic nitrogens is 3. The minimum Gasteiger partial charge on any atom is -0.355 e. The number of hydrogen-bond donors (Lipinski definition) is 3. The maximum absolute atomic E-state index is 12.8. The Morgan fingerprint density at radius 3 is 2.93 bits per heavy atom. The second kappa shape index (κ2) is 7.52. The molecule has 30 heavy (non-hydrogen) atoms. The fraction of sp³-hybridized carbons (Fsp3) is 0.273. The van der Waals surface area contributed by atoms with Gasteiger partial charge in [-0.1, -0.05) is 18.2 Å². The molecule has 2 unspecified atom stereocenters. The Morgan fingerprint density at radius 2 is 2.10 bits per heavy atom. The van der Waals surface area contributed by atoms with E-state index in [9.17, 15) is 10.1 Å². The van der Waals surface area contributed by atoms with E-state index < -0.39 is 0 Å². The summed E-state index contributed by atoms with van der Waals surface area (Å²) < 4.78 is 0. The minimum absolute atomic E-state index is 0.00338. The summed E-state index contributed by atoms with van der Waals surface area (Å²) in [5.41, 5.74) is 3.64. The zero-order valence-corrected chi connectivity index (χ0v) is 16.2. The van der Waals surface area contributed by atoms with Crippen molar-refractivity contribution in [3.05, 3.63) is 60.6 Å². The van der Waals surface area contributed by atoms with Crippen molar-refractivity contribution >= 4 is 17.3 Å². The normalized spacial score (nSPS) is 22.0. The summed E-state index contributed by atoms with van der Waals surface area (Å²) in [6.07, 6.45) is 6.71. The fourth-order valence-corrected chi connectivity index (χ4v) is 4.15. The number of H-pyrrole nitrogens is 1. The number of likely N-dealkylation sites (tertiary alicyclic amines) is 1. The quantitative estimate of drug-likeness (QED) is 0.569. The van der Waals surface area contributed by atoms with Crippen LogP contribution in [0, 0.1) is 23.3 Å². The molecule has 1 aliphatic carbocycles. The van der Waals surface area contributed by atoms with E-state index in [4.69, 9.17) is 0 Å². The molecule has 1 saturated carbocycles. The summed E-state index contributed by atoms with van der Waals surface area (Å²) in [5.74, 6) is 0.787. The molecule has 150 valence electrons. The summed E-state index contributed by atoms with van der Waals surface area (Å²) in [7, 11) is 0. The number of nitrogens with zero attached hydrogens (tertiary/aromatic N) is 4. The Hall–Kier alpha value is -3.86. The SMILES string of the molecule is N#CN1CC2CC2[C@@H](NC(=O)c2cc(-c3cnccc3Nc3ccccc3)n[nH]2)C1. The molecule has 0 radical (unpaired) electrons. The predicted octanol–water partition coefficient (Wildman–Crippen LogP) is 2.75. The zero-order valence-electron chi connectivity index (χ0n) is 16.2. The molecule has 1 aromatic carbocycles. The highest BCUT2D eigenvalue weighted by Gasteiger charge is 2.48. The van der Waals surface area contributed by atoms with E-state index in [1.165, 1.54) is 0 Å². The van der Waals surface area contributed by atoms with Crippen molar-refractivity contribution in [3.8, 4) is 17.5 Å².